The van der Waals surface area contributed by atoms with Gasteiger partial charge in [0.25, 0.3) is 0 Å². The number of amides is 1. The molecule has 0 aliphatic heterocycles. The molecule has 0 atom stereocenters. The minimum atomic E-state index is -0.540. The van der Waals surface area contributed by atoms with Gasteiger partial charge in [-0.15, -0.1) is 24.0 Å². The Hall–Kier alpha value is -2.43. The van der Waals surface area contributed by atoms with Gasteiger partial charge in [-0.25, -0.2) is 4.79 Å². The normalized spacial score (nSPS) is 11.3. The van der Waals surface area contributed by atoms with Gasteiger partial charge in [-0.1, -0.05) is 12.1 Å². The smallest absolute Gasteiger partial charge is 0.410 e. The third-order valence-electron chi connectivity index (χ3n) is 4.27. The molecule has 0 unspecified atom stereocenters. The van der Waals surface area contributed by atoms with Crippen LogP contribution >= 0.6 is 24.0 Å². The van der Waals surface area contributed by atoms with Gasteiger partial charge >= 0.3 is 6.09 Å². The third-order valence-corrected chi connectivity index (χ3v) is 4.27. The largest absolute Gasteiger partial charge is 0.444 e. The highest BCUT2D eigenvalue weighted by molar-refractivity contribution is 14.0. The molecule has 32 heavy (non-hydrogen) atoms. The van der Waals surface area contributed by atoms with Gasteiger partial charge in [0.15, 0.2) is 5.96 Å². The van der Waals surface area contributed by atoms with Gasteiger partial charge < -0.3 is 20.3 Å². The van der Waals surface area contributed by atoms with Crippen LogP contribution in [0.25, 0.3) is 0 Å². The number of rotatable bonds is 9. The van der Waals surface area contributed by atoms with Crippen molar-refractivity contribution in [1.29, 1.82) is 0 Å². The zero-order valence-electron chi connectivity index (χ0n) is 19.4. The summed E-state index contributed by atoms with van der Waals surface area (Å²) in [5, 5.41) is 6.57. The highest BCUT2D eigenvalue weighted by atomic mass is 127. The van der Waals surface area contributed by atoms with Gasteiger partial charge in [0.2, 0.25) is 0 Å². The first-order valence-corrected chi connectivity index (χ1v) is 10.6. The van der Waals surface area contributed by atoms with Crippen molar-refractivity contribution in [1.82, 2.24) is 25.5 Å². The zero-order chi connectivity index (χ0) is 22.5. The summed E-state index contributed by atoms with van der Waals surface area (Å²) >= 11 is 0. The van der Waals surface area contributed by atoms with Gasteiger partial charge in [-0.05, 0) is 51.0 Å². The molecule has 2 heterocycles. The Morgan fingerprint density at radius 2 is 1.91 bits per heavy atom. The lowest BCUT2D eigenvalue weighted by molar-refractivity contribution is 0.0232. The minimum Gasteiger partial charge on any atom is -0.444 e. The van der Waals surface area contributed by atoms with E-state index in [0.29, 0.717) is 19.6 Å². The standard InChI is InChI=1S/C23H34N6O2.HI/c1-23(2,3)31-22(30)29(18-19-9-7-12-25-17-19)16-8-14-27-21(24-4)28-15-11-20-10-5-6-13-26-20;/h5-7,9-10,12-13,17H,8,11,14-16,18H2,1-4H3,(H2,24,27,28);1H. The molecule has 8 nitrogen and oxygen atoms in total. The van der Waals surface area contributed by atoms with Crippen molar-refractivity contribution in [2.45, 2.75) is 45.8 Å². The van der Waals surface area contributed by atoms with Crippen molar-refractivity contribution < 1.29 is 9.53 Å². The Morgan fingerprint density at radius 3 is 2.53 bits per heavy atom. The van der Waals surface area contributed by atoms with Crippen molar-refractivity contribution >= 4 is 36.0 Å². The molecule has 0 aliphatic rings. The number of halogens is 1. The number of ether oxygens (including phenoxy) is 1. The number of nitrogens with one attached hydrogen (secondary N) is 2. The van der Waals surface area contributed by atoms with Crippen LogP contribution in [-0.2, 0) is 17.7 Å². The zero-order valence-corrected chi connectivity index (χ0v) is 21.7. The molecule has 0 aromatic carbocycles. The van der Waals surface area contributed by atoms with E-state index in [-0.39, 0.29) is 30.1 Å². The summed E-state index contributed by atoms with van der Waals surface area (Å²) in [4.78, 5) is 27.1. The van der Waals surface area contributed by atoms with Crippen molar-refractivity contribution in [3.8, 4) is 0 Å². The highest BCUT2D eigenvalue weighted by Gasteiger charge is 2.22. The van der Waals surface area contributed by atoms with Crippen LogP contribution < -0.4 is 10.6 Å². The summed E-state index contributed by atoms with van der Waals surface area (Å²) in [6.07, 6.45) is 6.53. The van der Waals surface area contributed by atoms with Crippen LogP contribution in [0.4, 0.5) is 4.79 Å². The molecule has 2 aromatic rings. The first kappa shape index (κ1) is 27.6. The summed E-state index contributed by atoms with van der Waals surface area (Å²) < 4.78 is 5.57. The van der Waals surface area contributed by atoms with Gasteiger partial charge in [-0.3, -0.25) is 15.0 Å². The predicted octanol–water partition coefficient (Wildman–Crippen LogP) is 3.63. The van der Waals surface area contributed by atoms with Crippen LogP contribution in [0.5, 0.6) is 0 Å². The average Bonchev–Trinajstić information content (AvgIpc) is 2.74. The fourth-order valence-electron chi connectivity index (χ4n) is 2.83. The Bertz CT molecular complexity index is 812. The number of nitrogens with zero attached hydrogens (tertiary/aromatic N) is 4. The SMILES string of the molecule is CN=C(NCCCN(Cc1cccnc1)C(=O)OC(C)(C)C)NCCc1ccccn1.I. The van der Waals surface area contributed by atoms with E-state index in [1.165, 1.54) is 0 Å². The van der Waals surface area contributed by atoms with Gasteiger partial charge in [-0.2, -0.15) is 0 Å². The molecule has 176 valence electrons. The van der Waals surface area contributed by atoms with Gasteiger partial charge in [0.1, 0.15) is 5.60 Å². The lowest BCUT2D eigenvalue weighted by Gasteiger charge is -2.27. The quantitative estimate of drug-likeness (QED) is 0.213. The molecule has 2 aromatic heterocycles. The number of carbonyl (C=O) groups excluding carboxylic acids is 1. The molecule has 2 N–H and O–H groups in total. The summed E-state index contributed by atoms with van der Waals surface area (Å²) in [5.74, 6) is 0.729. The predicted molar refractivity (Wildman–Crippen MR) is 138 cm³/mol. The molecule has 0 saturated carbocycles. The van der Waals surface area contributed by atoms with Gasteiger partial charge in [0.05, 0.1) is 6.54 Å². The van der Waals surface area contributed by atoms with Crippen molar-refractivity contribution in [3.05, 3.63) is 60.2 Å². The van der Waals surface area contributed by atoms with Crippen molar-refractivity contribution in [2.24, 2.45) is 4.99 Å². The topological polar surface area (TPSA) is 91.7 Å². The molecule has 0 bridgehead atoms. The second-order valence-corrected chi connectivity index (χ2v) is 8.11. The number of hydrogen-bond acceptors (Lipinski definition) is 5. The fraction of sp³-hybridized carbons (Fsp3) is 0.478. The number of aliphatic imine (C=N–C) groups is 1. The maximum Gasteiger partial charge on any atom is 0.410 e. The molecule has 0 radical (unpaired) electrons. The molecule has 0 aliphatic carbocycles. The number of carbonyl (C=O) groups is 1. The first-order chi connectivity index (χ1) is 14.9. The Labute approximate surface area is 208 Å². The second kappa shape index (κ2) is 14.6. The number of guanidine groups is 1. The molecule has 2 rings (SSSR count). The molecule has 1 amide bonds. The van der Waals surface area contributed by atoms with Crippen LogP contribution in [0.2, 0.25) is 0 Å². The lowest BCUT2D eigenvalue weighted by atomic mass is 10.2. The molecular weight excluding hydrogens is 519 g/mol. The summed E-state index contributed by atoms with van der Waals surface area (Å²) in [5.41, 5.74) is 1.46. The molecule has 9 heteroatoms. The van der Waals surface area contributed by atoms with E-state index in [1.807, 2.05) is 51.1 Å². The highest BCUT2D eigenvalue weighted by Crippen LogP contribution is 2.12. The van der Waals surface area contributed by atoms with Crippen LogP contribution in [0.1, 0.15) is 38.4 Å². The Balaban J connectivity index is 0.00000512. The summed E-state index contributed by atoms with van der Waals surface area (Å²) in [6, 6.07) is 9.72. The molecular formula is C23H35IN6O2. The van der Waals surface area contributed by atoms with E-state index < -0.39 is 5.60 Å². The van der Waals surface area contributed by atoms with E-state index in [9.17, 15) is 4.79 Å². The number of aromatic nitrogens is 2. The van der Waals surface area contributed by atoms with Gasteiger partial charge in [0, 0.05) is 57.4 Å². The van der Waals surface area contributed by atoms with Crippen molar-refractivity contribution in [2.75, 3.05) is 26.7 Å². The second-order valence-electron chi connectivity index (χ2n) is 8.11. The van der Waals surface area contributed by atoms with E-state index >= 15 is 0 Å². The van der Waals surface area contributed by atoms with E-state index in [1.54, 1.807) is 30.5 Å². The summed E-state index contributed by atoms with van der Waals surface area (Å²) in [7, 11) is 1.74. The maximum atomic E-state index is 12.6. The number of hydrogen-bond donors (Lipinski definition) is 2. The van der Waals surface area contributed by atoms with Crippen LogP contribution in [0.3, 0.4) is 0 Å². The lowest BCUT2D eigenvalue weighted by Crippen LogP contribution is -2.41. The van der Waals surface area contributed by atoms with Crippen LogP contribution in [-0.4, -0.2) is 59.2 Å². The Morgan fingerprint density at radius 1 is 1.12 bits per heavy atom. The van der Waals surface area contributed by atoms with Crippen LogP contribution in [0.15, 0.2) is 53.9 Å². The van der Waals surface area contributed by atoms with Crippen LogP contribution in [0, 0.1) is 0 Å². The minimum absolute atomic E-state index is 0. The monoisotopic (exact) mass is 554 g/mol. The van der Waals surface area contributed by atoms with Crippen molar-refractivity contribution in [3.63, 3.8) is 0 Å². The summed E-state index contributed by atoms with van der Waals surface area (Å²) in [6.45, 7) is 8.04. The molecule has 0 saturated heterocycles. The number of pyridine rings is 2. The molecule has 0 fully saturated rings. The Kier molecular flexibility index (Phi) is 12.6. The first-order valence-electron chi connectivity index (χ1n) is 10.6. The fourth-order valence-corrected chi connectivity index (χ4v) is 2.83. The van der Waals surface area contributed by atoms with E-state index in [4.69, 9.17) is 4.74 Å². The molecule has 0 spiro atoms. The average molecular weight is 554 g/mol. The maximum absolute atomic E-state index is 12.6. The van der Waals surface area contributed by atoms with E-state index in [2.05, 4.69) is 25.6 Å². The third kappa shape index (κ3) is 11.3. The van der Waals surface area contributed by atoms with E-state index in [0.717, 1.165) is 36.6 Å².